The number of hydrogen-bond acceptors (Lipinski definition) is 4. The molecule has 0 bridgehead atoms. The number of ether oxygens (including phenoxy) is 1. The van der Waals surface area contributed by atoms with Crippen LogP contribution in [0.15, 0.2) is 16.9 Å². The third-order valence-corrected chi connectivity index (χ3v) is 8.30. The van der Waals surface area contributed by atoms with Crippen LogP contribution in [0.4, 0.5) is 0 Å². The summed E-state index contributed by atoms with van der Waals surface area (Å²) in [4.78, 5) is 11.4. The number of aryl methyl sites for hydroxylation is 1. The molecule has 4 nitrogen and oxygen atoms in total. The van der Waals surface area contributed by atoms with Crippen LogP contribution in [0.3, 0.4) is 0 Å². The minimum Gasteiger partial charge on any atom is -0.472 e. The second-order valence-electron chi connectivity index (χ2n) is 9.59. The summed E-state index contributed by atoms with van der Waals surface area (Å²) >= 11 is 0. The molecule has 2 fully saturated rings. The SMILES string of the molecule is CC(=O)OC[C@@]1(C)CCC[C@]2(CO)[C@H]3CCc4cocc4[C@]3(C)CC[C@@H]12. The molecule has 144 valence electrons. The second-order valence-corrected chi connectivity index (χ2v) is 9.59. The molecule has 4 heteroatoms. The second kappa shape index (κ2) is 6.12. The van der Waals surface area contributed by atoms with Crippen molar-refractivity contribution in [3.8, 4) is 0 Å². The Bertz CT molecular complexity index is 694. The van der Waals surface area contributed by atoms with Gasteiger partial charge in [0.15, 0.2) is 0 Å². The third-order valence-electron chi connectivity index (χ3n) is 8.30. The smallest absolute Gasteiger partial charge is 0.302 e. The van der Waals surface area contributed by atoms with Crippen molar-refractivity contribution in [1.29, 1.82) is 0 Å². The molecule has 1 aromatic rings. The van der Waals surface area contributed by atoms with E-state index in [2.05, 4.69) is 13.8 Å². The van der Waals surface area contributed by atoms with E-state index in [-0.39, 0.29) is 28.8 Å². The Labute approximate surface area is 156 Å². The first-order valence-corrected chi connectivity index (χ1v) is 10.2. The maximum atomic E-state index is 11.4. The average molecular weight is 360 g/mol. The van der Waals surface area contributed by atoms with Gasteiger partial charge in [0.05, 0.1) is 19.1 Å². The number of carbonyl (C=O) groups is 1. The van der Waals surface area contributed by atoms with E-state index in [4.69, 9.17) is 9.15 Å². The molecule has 1 N–H and O–H groups in total. The van der Waals surface area contributed by atoms with Crippen LogP contribution >= 0.6 is 0 Å². The lowest BCUT2D eigenvalue weighted by molar-refractivity contribution is -0.174. The molecular weight excluding hydrogens is 328 g/mol. The summed E-state index contributed by atoms with van der Waals surface area (Å²) in [6.07, 6.45) is 11.5. The van der Waals surface area contributed by atoms with E-state index in [1.165, 1.54) is 18.1 Å². The monoisotopic (exact) mass is 360 g/mol. The molecule has 1 aromatic heterocycles. The van der Waals surface area contributed by atoms with E-state index < -0.39 is 0 Å². The summed E-state index contributed by atoms with van der Waals surface area (Å²) in [6, 6.07) is 0. The van der Waals surface area contributed by atoms with Crippen LogP contribution in [0.1, 0.15) is 70.4 Å². The molecule has 0 saturated heterocycles. The fraction of sp³-hybridized carbons (Fsp3) is 0.773. The van der Waals surface area contributed by atoms with E-state index in [9.17, 15) is 9.90 Å². The average Bonchev–Trinajstić information content (AvgIpc) is 3.10. The first-order chi connectivity index (χ1) is 12.4. The van der Waals surface area contributed by atoms with Crippen molar-refractivity contribution in [3.05, 3.63) is 23.7 Å². The van der Waals surface area contributed by atoms with Crippen molar-refractivity contribution in [2.45, 2.75) is 71.1 Å². The van der Waals surface area contributed by atoms with E-state index in [1.807, 2.05) is 12.5 Å². The van der Waals surface area contributed by atoms with E-state index in [0.717, 1.165) is 44.9 Å². The van der Waals surface area contributed by atoms with Crippen molar-refractivity contribution in [2.75, 3.05) is 13.2 Å². The molecule has 0 spiro atoms. The highest BCUT2D eigenvalue weighted by Crippen LogP contribution is 2.67. The van der Waals surface area contributed by atoms with Crippen molar-refractivity contribution in [2.24, 2.45) is 22.7 Å². The number of fused-ring (bicyclic) bond motifs is 5. The highest BCUT2D eigenvalue weighted by molar-refractivity contribution is 5.65. The fourth-order valence-corrected chi connectivity index (χ4v) is 7.15. The van der Waals surface area contributed by atoms with Crippen LogP contribution in [0.25, 0.3) is 0 Å². The molecular formula is C22H32O4. The topological polar surface area (TPSA) is 59.7 Å². The summed E-state index contributed by atoms with van der Waals surface area (Å²) in [5, 5.41) is 10.7. The number of rotatable bonds is 3. The summed E-state index contributed by atoms with van der Waals surface area (Å²) < 4.78 is 11.1. The summed E-state index contributed by atoms with van der Waals surface area (Å²) in [5.41, 5.74) is 2.69. The fourth-order valence-electron chi connectivity index (χ4n) is 7.15. The van der Waals surface area contributed by atoms with Crippen molar-refractivity contribution in [1.82, 2.24) is 0 Å². The van der Waals surface area contributed by atoms with Crippen LogP contribution in [-0.4, -0.2) is 24.3 Å². The van der Waals surface area contributed by atoms with Crippen LogP contribution in [-0.2, 0) is 21.4 Å². The molecule has 2 saturated carbocycles. The number of esters is 1. The summed E-state index contributed by atoms with van der Waals surface area (Å²) in [6.45, 7) is 6.87. The van der Waals surface area contributed by atoms with Crippen molar-refractivity contribution in [3.63, 3.8) is 0 Å². The van der Waals surface area contributed by atoms with Gasteiger partial charge in [0.25, 0.3) is 0 Å². The normalized spacial score (nSPS) is 41.7. The van der Waals surface area contributed by atoms with Gasteiger partial charge in [0.2, 0.25) is 0 Å². The van der Waals surface area contributed by atoms with Gasteiger partial charge in [0.1, 0.15) is 0 Å². The minimum atomic E-state index is -0.201. The molecule has 1 heterocycles. The first kappa shape index (κ1) is 18.1. The number of hydrogen-bond donors (Lipinski definition) is 1. The Morgan fingerprint density at radius 3 is 2.77 bits per heavy atom. The Morgan fingerprint density at radius 1 is 1.23 bits per heavy atom. The zero-order valence-corrected chi connectivity index (χ0v) is 16.3. The summed E-state index contributed by atoms with van der Waals surface area (Å²) in [7, 11) is 0. The number of furan rings is 1. The molecule has 5 atom stereocenters. The molecule has 0 unspecified atom stereocenters. The molecule has 0 aromatic carbocycles. The predicted octanol–water partition coefficient (Wildman–Crippen LogP) is 4.24. The molecule has 0 aliphatic heterocycles. The van der Waals surface area contributed by atoms with Crippen LogP contribution in [0, 0.1) is 22.7 Å². The van der Waals surface area contributed by atoms with Crippen LogP contribution in [0.2, 0.25) is 0 Å². The number of carbonyl (C=O) groups excluding carboxylic acids is 1. The molecule has 3 aliphatic carbocycles. The Morgan fingerprint density at radius 2 is 2.04 bits per heavy atom. The Hall–Kier alpha value is -1.29. The highest BCUT2D eigenvalue weighted by atomic mass is 16.5. The Balaban J connectivity index is 1.73. The lowest BCUT2D eigenvalue weighted by Crippen LogP contribution is -2.61. The molecule has 0 amide bonds. The zero-order valence-electron chi connectivity index (χ0n) is 16.3. The van der Waals surface area contributed by atoms with E-state index >= 15 is 0 Å². The quantitative estimate of drug-likeness (QED) is 0.819. The molecule has 4 rings (SSSR count). The number of aliphatic hydroxyl groups excluding tert-OH is 1. The van der Waals surface area contributed by atoms with Crippen LogP contribution in [0.5, 0.6) is 0 Å². The number of aliphatic hydroxyl groups is 1. The minimum absolute atomic E-state index is 0.0371. The van der Waals surface area contributed by atoms with Gasteiger partial charge in [0, 0.05) is 24.4 Å². The molecule has 26 heavy (non-hydrogen) atoms. The maximum absolute atomic E-state index is 11.4. The zero-order chi connectivity index (χ0) is 18.6. The lowest BCUT2D eigenvalue weighted by atomic mass is 9.40. The van der Waals surface area contributed by atoms with Gasteiger partial charge in [-0.05, 0) is 66.9 Å². The van der Waals surface area contributed by atoms with Crippen molar-refractivity contribution >= 4 is 5.97 Å². The van der Waals surface area contributed by atoms with Crippen molar-refractivity contribution < 1.29 is 19.1 Å². The predicted molar refractivity (Wildman–Crippen MR) is 98.7 cm³/mol. The van der Waals surface area contributed by atoms with Gasteiger partial charge in [-0.15, -0.1) is 0 Å². The Kier molecular flexibility index (Phi) is 4.26. The highest BCUT2D eigenvalue weighted by Gasteiger charge is 2.62. The van der Waals surface area contributed by atoms with Gasteiger partial charge >= 0.3 is 5.97 Å². The molecule has 3 aliphatic rings. The lowest BCUT2D eigenvalue weighted by Gasteiger charge is -2.64. The van der Waals surface area contributed by atoms with Gasteiger partial charge in [-0.2, -0.15) is 0 Å². The van der Waals surface area contributed by atoms with E-state index in [0.29, 0.717) is 18.4 Å². The van der Waals surface area contributed by atoms with Gasteiger partial charge in [-0.3, -0.25) is 4.79 Å². The van der Waals surface area contributed by atoms with Gasteiger partial charge < -0.3 is 14.3 Å². The van der Waals surface area contributed by atoms with Gasteiger partial charge in [-0.1, -0.05) is 20.3 Å². The summed E-state index contributed by atoms with van der Waals surface area (Å²) in [5.74, 6) is 0.660. The first-order valence-electron chi connectivity index (χ1n) is 10.2. The van der Waals surface area contributed by atoms with Gasteiger partial charge in [-0.25, -0.2) is 0 Å². The third kappa shape index (κ3) is 2.41. The van der Waals surface area contributed by atoms with Crippen LogP contribution < -0.4 is 0 Å². The largest absolute Gasteiger partial charge is 0.472 e. The maximum Gasteiger partial charge on any atom is 0.302 e. The molecule has 0 radical (unpaired) electrons. The van der Waals surface area contributed by atoms with E-state index in [1.54, 1.807) is 0 Å². The standard InChI is InChI=1S/C22H32O4/c1-15(24)26-14-20(2)8-4-9-22(13-23)18(20)7-10-21(3)17-12-25-11-16(17)5-6-19(21)22/h11-12,18-19,23H,4-10,13-14H2,1-3H3/t18-,19-,20+,21-,22+/m0/s1.